The van der Waals surface area contributed by atoms with Crippen molar-refractivity contribution in [2.45, 2.75) is 68.2 Å². The number of benzene rings is 2. The molecule has 0 aliphatic heterocycles. The van der Waals surface area contributed by atoms with E-state index in [1.807, 2.05) is 39.0 Å². The van der Waals surface area contributed by atoms with Crippen molar-refractivity contribution in [3.63, 3.8) is 0 Å². The average Bonchev–Trinajstić information content (AvgIpc) is 2.55. The van der Waals surface area contributed by atoms with E-state index in [4.69, 9.17) is 0 Å². The third kappa shape index (κ3) is 25.7. The fourth-order valence-corrected chi connectivity index (χ4v) is 1.07. The SMILES string of the molecule is CC.CCC.CCC.Cc1ccc(F)cc1.Cc1ccccc1. The van der Waals surface area contributed by atoms with Crippen molar-refractivity contribution in [3.05, 3.63) is 71.5 Å². The molecule has 2 aromatic rings. The Morgan fingerprint density at radius 1 is 0.609 bits per heavy atom. The van der Waals surface area contributed by atoms with Crippen LogP contribution in [0.5, 0.6) is 0 Å². The Morgan fingerprint density at radius 2 is 0.913 bits per heavy atom. The molecule has 0 atom stereocenters. The molecule has 0 nitrogen and oxygen atoms in total. The van der Waals surface area contributed by atoms with Gasteiger partial charge in [0, 0.05) is 0 Å². The summed E-state index contributed by atoms with van der Waals surface area (Å²) in [6.45, 7) is 16.5. The van der Waals surface area contributed by atoms with Gasteiger partial charge in [-0.25, -0.2) is 4.39 Å². The first-order valence-corrected chi connectivity index (χ1v) is 8.75. The molecule has 132 valence electrons. The van der Waals surface area contributed by atoms with Gasteiger partial charge >= 0.3 is 0 Å². The van der Waals surface area contributed by atoms with E-state index in [0.717, 1.165) is 5.56 Å². The number of aryl methyl sites for hydroxylation is 2. The van der Waals surface area contributed by atoms with Crippen molar-refractivity contribution in [1.29, 1.82) is 0 Å². The smallest absolute Gasteiger partial charge is 0.123 e. The van der Waals surface area contributed by atoms with Crippen LogP contribution in [0.3, 0.4) is 0 Å². The molecular formula is C22H37F. The van der Waals surface area contributed by atoms with Crippen LogP contribution >= 0.6 is 0 Å². The average molecular weight is 321 g/mol. The number of rotatable bonds is 0. The Balaban J connectivity index is -0.000000244. The van der Waals surface area contributed by atoms with E-state index in [0.29, 0.717) is 0 Å². The van der Waals surface area contributed by atoms with E-state index >= 15 is 0 Å². The van der Waals surface area contributed by atoms with E-state index < -0.39 is 0 Å². The second kappa shape index (κ2) is 22.6. The zero-order valence-corrected chi connectivity index (χ0v) is 16.5. The first kappa shape index (κ1) is 26.3. The lowest BCUT2D eigenvalue weighted by Gasteiger charge is -1.87. The largest absolute Gasteiger partial charge is 0.207 e. The zero-order chi connectivity index (χ0) is 18.5. The van der Waals surface area contributed by atoms with E-state index in [2.05, 4.69) is 46.8 Å². The predicted octanol–water partition coefficient (Wildman–Crippen LogP) is 7.99. The standard InChI is InChI=1S/C7H7F.C7H8.2C3H8.C2H6/c1-6-2-4-7(8)5-3-6;1-7-5-3-2-4-6-7;2*1-3-2;1-2/h2-5H,1H3;2-6H,1H3;2*3H2,1-2H3;1-2H3. The topological polar surface area (TPSA) is 0 Å². The Morgan fingerprint density at radius 3 is 1.13 bits per heavy atom. The highest BCUT2D eigenvalue weighted by Gasteiger charge is 1.83. The van der Waals surface area contributed by atoms with E-state index in [1.165, 1.54) is 30.5 Å². The minimum atomic E-state index is -0.171. The van der Waals surface area contributed by atoms with Crippen LogP contribution in [0.15, 0.2) is 54.6 Å². The van der Waals surface area contributed by atoms with E-state index in [9.17, 15) is 4.39 Å². The van der Waals surface area contributed by atoms with Gasteiger partial charge in [-0.2, -0.15) is 0 Å². The lowest BCUT2D eigenvalue weighted by molar-refractivity contribution is 0.627. The van der Waals surface area contributed by atoms with Gasteiger partial charge in [0.05, 0.1) is 0 Å². The molecule has 0 aromatic heterocycles. The summed E-state index contributed by atoms with van der Waals surface area (Å²) < 4.78 is 12.1. The lowest BCUT2D eigenvalue weighted by Crippen LogP contribution is -1.71. The first-order chi connectivity index (χ1) is 11.0. The molecule has 1 heteroatoms. The summed E-state index contributed by atoms with van der Waals surface area (Å²) >= 11 is 0. The van der Waals surface area contributed by atoms with Crippen LogP contribution < -0.4 is 0 Å². The summed E-state index contributed by atoms with van der Waals surface area (Å²) in [4.78, 5) is 0. The predicted molar refractivity (Wildman–Crippen MR) is 106 cm³/mol. The zero-order valence-electron chi connectivity index (χ0n) is 16.5. The molecule has 23 heavy (non-hydrogen) atoms. The van der Waals surface area contributed by atoms with Gasteiger partial charge in [-0.1, -0.05) is 108 Å². The maximum Gasteiger partial charge on any atom is 0.123 e. The van der Waals surface area contributed by atoms with E-state index in [-0.39, 0.29) is 5.82 Å². The molecule has 0 saturated heterocycles. The van der Waals surface area contributed by atoms with Gasteiger partial charge in [0.25, 0.3) is 0 Å². The Bertz CT molecular complexity index is 381. The number of hydrogen-bond donors (Lipinski definition) is 0. The van der Waals surface area contributed by atoms with Crippen molar-refractivity contribution < 1.29 is 4.39 Å². The highest BCUT2D eigenvalue weighted by molar-refractivity contribution is 5.13. The molecule has 0 spiro atoms. The molecular weight excluding hydrogens is 283 g/mol. The summed E-state index contributed by atoms with van der Waals surface area (Å²) in [6, 6.07) is 16.7. The molecule has 2 aromatic carbocycles. The van der Waals surface area contributed by atoms with Gasteiger partial charge in [0.2, 0.25) is 0 Å². The van der Waals surface area contributed by atoms with Gasteiger partial charge in [0.15, 0.2) is 0 Å². The number of halogens is 1. The summed E-state index contributed by atoms with van der Waals surface area (Å²) in [6.07, 6.45) is 2.50. The minimum absolute atomic E-state index is 0.171. The van der Waals surface area contributed by atoms with Crippen LogP contribution in [0, 0.1) is 19.7 Å². The Hall–Kier alpha value is -1.63. The van der Waals surface area contributed by atoms with Gasteiger partial charge in [-0.05, 0) is 26.0 Å². The highest BCUT2D eigenvalue weighted by atomic mass is 19.1. The van der Waals surface area contributed by atoms with Crippen molar-refractivity contribution in [2.75, 3.05) is 0 Å². The maximum absolute atomic E-state index is 12.1. The third-order valence-corrected chi connectivity index (χ3v) is 1.95. The van der Waals surface area contributed by atoms with Crippen LogP contribution in [-0.2, 0) is 0 Å². The van der Waals surface area contributed by atoms with E-state index in [1.54, 1.807) is 12.1 Å². The summed E-state index contributed by atoms with van der Waals surface area (Å²) in [5.74, 6) is -0.171. The van der Waals surface area contributed by atoms with Gasteiger partial charge < -0.3 is 0 Å². The molecule has 2 rings (SSSR count). The molecule has 0 bridgehead atoms. The summed E-state index contributed by atoms with van der Waals surface area (Å²) in [5.41, 5.74) is 2.41. The molecule has 0 fully saturated rings. The van der Waals surface area contributed by atoms with Crippen LogP contribution in [0.2, 0.25) is 0 Å². The third-order valence-electron chi connectivity index (χ3n) is 1.95. The van der Waals surface area contributed by atoms with Crippen molar-refractivity contribution in [2.24, 2.45) is 0 Å². The monoisotopic (exact) mass is 320 g/mol. The molecule has 0 radical (unpaired) electrons. The molecule has 0 N–H and O–H groups in total. The van der Waals surface area contributed by atoms with Crippen molar-refractivity contribution in [1.82, 2.24) is 0 Å². The van der Waals surface area contributed by atoms with Gasteiger partial charge in [-0.15, -0.1) is 0 Å². The van der Waals surface area contributed by atoms with Crippen molar-refractivity contribution in [3.8, 4) is 0 Å². The molecule has 0 unspecified atom stereocenters. The Labute approximate surface area is 144 Å². The quantitative estimate of drug-likeness (QED) is 0.461. The van der Waals surface area contributed by atoms with Crippen LogP contribution in [-0.4, -0.2) is 0 Å². The Kier molecular flexibility index (Phi) is 25.9. The van der Waals surface area contributed by atoms with Crippen LogP contribution in [0.1, 0.15) is 65.5 Å². The van der Waals surface area contributed by atoms with Crippen LogP contribution in [0.4, 0.5) is 4.39 Å². The molecule has 0 aliphatic carbocycles. The summed E-state index contributed by atoms with van der Waals surface area (Å²) in [5, 5.41) is 0. The second-order valence-corrected chi connectivity index (χ2v) is 4.86. The van der Waals surface area contributed by atoms with Crippen molar-refractivity contribution >= 4 is 0 Å². The molecule has 0 amide bonds. The molecule has 0 saturated carbocycles. The van der Waals surface area contributed by atoms with Gasteiger partial charge in [0.1, 0.15) is 5.82 Å². The number of hydrogen-bond acceptors (Lipinski definition) is 0. The van der Waals surface area contributed by atoms with Crippen LogP contribution in [0.25, 0.3) is 0 Å². The highest BCUT2D eigenvalue weighted by Crippen LogP contribution is 1.98. The lowest BCUT2D eigenvalue weighted by atomic mass is 10.2. The fraction of sp³-hybridized carbons (Fsp3) is 0.455. The fourth-order valence-electron chi connectivity index (χ4n) is 1.07. The molecule has 0 heterocycles. The first-order valence-electron chi connectivity index (χ1n) is 8.75. The second-order valence-electron chi connectivity index (χ2n) is 4.86. The normalized spacial score (nSPS) is 7.70. The maximum atomic E-state index is 12.1. The van der Waals surface area contributed by atoms with Gasteiger partial charge in [-0.3, -0.25) is 0 Å². The molecule has 0 aliphatic rings. The minimum Gasteiger partial charge on any atom is -0.207 e. The summed E-state index contributed by atoms with van der Waals surface area (Å²) in [7, 11) is 0.